The van der Waals surface area contributed by atoms with E-state index in [2.05, 4.69) is 23.6 Å². The van der Waals surface area contributed by atoms with Crippen molar-refractivity contribution in [3.63, 3.8) is 0 Å². The second-order valence-electron chi connectivity index (χ2n) is 6.74. The van der Waals surface area contributed by atoms with Gasteiger partial charge in [-0.15, -0.1) is 0 Å². The number of carbonyl (C=O) groups excluding carboxylic acids is 1. The van der Waals surface area contributed by atoms with Gasteiger partial charge < -0.3 is 10.6 Å². The molecule has 0 aromatic heterocycles. The largest absolute Gasteiger partial charge is 0.340 e. The zero-order valence-electron chi connectivity index (χ0n) is 13.2. The van der Waals surface area contributed by atoms with Crippen LogP contribution in [-0.4, -0.2) is 54.5 Å². The van der Waals surface area contributed by atoms with Crippen LogP contribution >= 0.6 is 0 Å². The lowest BCUT2D eigenvalue weighted by atomic mass is 9.87. The summed E-state index contributed by atoms with van der Waals surface area (Å²) < 4.78 is 0. The van der Waals surface area contributed by atoms with Gasteiger partial charge in [-0.1, -0.05) is 26.7 Å². The molecule has 1 unspecified atom stereocenters. The minimum Gasteiger partial charge on any atom is -0.340 e. The van der Waals surface area contributed by atoms with Gasteiger partial charge in [0, 0.05) is 37.6 Å². The molecule has 1 heterocycles. The molecule has 0 radical (unpaired) electrons. The number of hydrogen-bond acceptors (Lipinski definition) is 3. The second kappa shape index (κ2) is 6.90. The molecule has 1 atom stereocenters. The number of piperazine rings is 1. The zero-order chi connectivity index (χ0) is 14.6. The Labute approximate surface area is 123 Å². The van der Waals surface area contributed by atoms with E-state index in [4.69, 9.17) is 5.73 Å². The van der Waals surface area contributed by atoms with Crippen LogP contribution in [0.3, 0.4) is 0 Å². The molecule has 1 aliphatic heterocycles. The first-order valence-corrected chi connectivity index (χ1v) is 8.34. The van der Waals surface area contributed by atoms with Crippen molar-refractivity contribution in [3.8, 4) is 0 Å². The van der Waals surface area contributed by atoms with Crippen LogP contribution in [0.1, 0.15) is 52.4 Å². The summed E-state index contributed by atoms with van der Waals surface area (Å²) in [6, 6.07) is 0.597. The highest BCUT2D eigenvalue weighted by molar-refractivity contribution is 5.82. The third-order valence-electron chi connectivity index (χ3n) is 5.31. The Kier molecular flexibility index (Phi) is 5.44. The second-order valence-corrected chi connectivity index (χ2v) is 6.74. The van der Waals surface area contributed by atoms with Gasteiger partial charge in [0.15, 0.2) is 0 Å². The van der Waals surface area contributed by atoms with Gasteiger partial charge >= 0.3 is 0 Å². The standard InChI is InChI=1S/C16H31N3O/c1-3-14(6-9-17)18-10-12-19(13-11-18)15(20)16(2)7-4-5-8-16/h14H,3-13,17H2,1-2H3. The molecule has 0 spiro atoms. The van der Waals surface area contributed by atoms with E-state index in [1.807, 2.05) is 0 Å². The Balaban J connectivity index is 1.86. The molecule has 116 valence electrons. The quantitative estimate of drug-likeness (QED) is 0.836. The van der Waals surface area contributed by atoms with E-state index < -0.39 is 0 Å². The number of nitrogens with zero attached hydrogens (tertiary/aromatic N) is 2. The van der Waals surface area contributed by atoms with Crippen molar-refractivity contribution >= 4 is 5.91 Å². The lowest BCUT2D eigenvalue weighted by Crippen LogP contribution is -2.54. The Morgan fingerprint density at radius 2 is 1.80 bits per heavy atom. The third-order valence-corrected chi connectivity index (χ3v) is 5.31. The van der Waals surface area contributed by atoms with Crippen LogP contribution in [0.15, 0.2) is 0 Å². The lowest BCUT2D eigenvalue weighted by Gasteiger charge is -2.41. The van der Waals surface area contributed by atoms with Crippen molar-refractivity contribution in [1.82, 2.24) is 9.80 Å². The summed E-state index contributed by atoms with van der Waals surface area (Å²) >= 11 is 0. The average Bonchev–Trinajstić information content (AvgIpc) is 2.92. The van der Waals surface area contributed by atoms with Crippen LogP contribution in [0.5, 0.6) is 0 Å². The minimum atomic E-state index is -0.0659. The van der Waals surface area contributed by atoms with Crippen LogP contribution in [0.25, 0.3) is 0 Å². The highest BCUT2D eigenvalue weighted by atomic mass is 16.2. The Bertz CT molecular complexity index is 318. The normalized spacial score (nSPS) is 24.9. The molecule has 2 N–H and O–H groups in total. The van der Waals surface area contributed by atoms with Gasteiger partial charge in [-0.25, -0.2) is 0 Å². The summed E-state index contributed by atoms with van der Waals surface area (Å²) in [5.41, 5.74) is 5.63. The topological polar surface area (TPSA) is 49.6 Å². The summed E-state index contributed by atoms with van der Waals surface area (Å²) in [6.45, 7) is 8.98. The number of amides is 1. The van der Waals surface area contributed by atoms with E-state index in [-0.39, 0.29) is 5.41 Å². The predicted octanol–water partition coefficient (Wildman–Crippen LogP) is 1.84. The first kappa shape index (κ1) is 15.8. The smallest absolute Gasteiger partial charge is 0.228 e. The molecule has 1 amide bonds. The van der Waals surface area contributed by atoms with E-state index in [9.17, 15) is 4.79 Å². The van der Waals surface area contributed by atoms with Gasteiger partial charge in [0.2, 0.25) is 5.91 Å². The molecule has 4 heteroatoms. The van der Waals surface area contributed by atoms with Gasteiger partial charge in [0.05, 0.1) is 0 Å². The summed E-state index contributed by atoms with van der Waals surface area (Å²) in [7, 11) is 0. The van der Waals surface area contributed by atoms with E-state index in [0.717, 1.165) is 58.4 Å². The summed E-state index contributed by atoms with van der Waals surface area (Å²) in [5.74, 6) is 0.404. The number of carbonyl (C=O) groups is 1. The molecular weight excluding hydrogens is 250 g/mol. The van der Waals surface area contributed by atoms with Crippen molar-refractivity contribution < 1.29 is 4.79 Å². The number of nitrogens with two attached hydrogens (primary N) is 1. The predicted molar refractivity (Wildman–Crippen MR) is 82.5 cm³/mol. The molecule has 2 aliphatic rings. The molecule has 20 heavy (non-hydrogen) atoms. The lowest BCUT2D eigenvalue weighted by molar-refractivity contribution is -0.143. The van der Waals surface area contributed by atoms with Gasteiger partial charge in [0.25, 0.3) is 0 Å². The highest BCUT2D eigenvalue weighted by Gasteiger charge is 2.40. The van der Waals surface area contributed by atoms with E-state index in [1.54, 1.807) is 0 Å². The molecule has 2 fully saturated rings. The average molecular weight is 281 g/mol. The van der Waals surface area contributed by atoms with Crippen molar-refractivity contribution in [3.05, 3.63) is 0 Å². The van der Waals surface area contributed by atoms with Crippen LogP contribution in [0.4, 0.5) is 0 Å². The number of rotatable bonds is 5. The summed E-state index contributed by atoms with van der Waals surface area (Å²) in [6.07, 6.45) is 6.83. The molecule has 1 aliphatic carbocycles. The van der Waals surface area contributed by atoms with E-state index >= 15 is 0 Å². The van der Waals surface area contributed by atoms with Crippen LogP contribution in [-0.2, 0) is 4.79 Å². The SMILES string of the molecule is CCC(CCN)N1CCN(C(=O)C2(C)CCCC2)CC1. The van der Waals surface area contributed by atoms with E-state index in [1.165, 1.54) is 12.8 Å². The van der Waals surface area contributed by atoms with Gasteiger partial charge in [0.1, 0.15) is 0 Å². The summed E-state index contributed by atoms with van der Waals surface area (Å²) in [5, 5.41) is 0. The zero-order valence-corrected chi connectivity index (χ0v) is 13.2. The maximum Gasteiger partial charge on any atom is 0.228 e. The molecule has 0 aromatic rings. The van der Waals surface area contributed by atoms with Gasteiger partial charge in [-0.3, -0.25) is 9.69 Å². The van der Waals surface area contributed by atoms with Gasteiger partial charge in [-0.05, 0) is 32.2 Å². The Hall–Kier alpha value is -0.610. The van der Waals surface area contributed by atoms with Crippen LogP contribution < -0.4 is 5.73 Å². The summed E-state index contributed by atoms with van der Waals surface area (Å²) in [4.78, 5) is 17.3. The molecule has 0 bridgehead atoms. The third kappa shape index (κ3) is 3.34. The molecule has 1 saturated carbocycles. The van der Waals surface area contributed by atoms with Crippen molar-refractivity contribution in [2.75, 3.05) is 32.7 Å². The molecule has 1 saturated heterocycles. The fourth-order valence-corrected chi connectivity index (χ4v) is 3.88. The van der Waals surface area contributed by atoms with Crippen LogP contribution in [0, 0.1) is 5.41 Å². The van der Waals surface area contributed by atoms with Crippen LogP contribution in [0.2, 0.25) is 0 Å². The maximum absolute atomic E-state index is 12.7. The van der Waals surface area contributed by atoms with Crippen molar-refractivity contribution in [2.45, 2.75) is 58.4 Å². The first-order valence-electron chi connectivity index (χ1n) is 8.34. The fourth-order valence-electron chi connectivity index (χ4n) is 3.88. The minimum absolute atomic E-state index is 0.0659. The first-order chi connectivity index (χ1) is 9.60. The molecular formula is C16H31N3O. The van der Waals surface area contributed by atoms with E-state index in [0.29, 0.717) is 11.9 Å². The molecule has 2 rings (SSSR count). The van der Waals surface area contributed by atoms with Gasteiger partial charge in [-0.2, -0.15) is 0 Å². The maximum atomic E-state index is 12.7. The molecule has 4 nitrogen and oxygen atoms in total. The Morgan fingerprint density at radius 3 is 2.30 bits per heavy atom. The number of hydrogen-bond donors (Lipinski definition) is 1. The highest BCUT2D eigenvalue weighted by Crippen LogP contribution is 2.39. The molecule has 0 aromatic carbocycles. The monoisotopic (exact) mass is 281 g/mol. The van der Waals surface area contributed by atoms with Crippen molar-refractivity contribution in [2.24, 2.45) is 11.1 Å². The Morgan fingerprint density at radius 1 is 1.20 bits per heavy atom. The van der Waals surface area contributed by atoms with Crippen molar-refractivity contribution in [1.29, 1.82) is 0 Å². The fraction of sp³-hybridized carbons (Fsp3) is 0.938.